The first-order chi connectivity index (χ1) is 9.52. The van der Waals surface area contributed by atoms with Crippen molar-refractivity contribution in [3.8, 4) is 11.4 Å². The molecule has 0 bridgehead atoms. The molecule has 0 aromatic carbocycles. The first-order valence-corrected chi connectivity index (χ1v) is 7.82. The van der Waals surface area contributed by atoms with E-state index in [1.807, 2.05) is 12.3 Å². The number of hydrogen-bond acceptors (Lipinski definition) is 3. The van der Waals surface area contributed by atoms with Crippen molar-refractivity contribution in [3.05, 3.63) is 43.6 Å². The van der Waals surface area contributed by atoms with Crippen LogP contribution in [0.5, 0.6) is 0 Å². The standard InChI is InChI=1S/C15H18IN3O/c1-4-10-8-17-6-5-11(10)14-18-12(7-9(2)3)13(16)15(20)19-14/h5-6,8-9H,4,7H2,1-3H3,(H,18,19,20). The summed E-state index contributed by atoms with van der Waals surface area (Å²) in [6, 6.07) is 1.91. The fourth-order valence-corrected chi connectivity index (χ4v) is 2.57. The molecule has 0 aliphatic heterocycles. The molecule has 0 saturated carbocycles. The van der Waals surface area contributed by atoms with Crippen LogP contribution in [0, 0.1) is 9.49 Å². The van der Waals surface area contributed by atoms with Crippen LogP contribution in [-0.2, 0) is 12.8 Å². The molecule has 0 aliphatic rings. The van der Waals surface area contributed by atoms with Crippen LogP contribution in [0.25, 0.3) is 11.4 Å². The summed E-state index contributed by atoms with van der Waals surface area (Å²) in [5.41, 5.74) is 2.86. The van der Waals surface area contributed by atoms with E-state index in [-0.39, 0.29) is 5.56 Å². The van der Waals surface area contributed by atoms with Gasteiger partial charge in [-0.25, -0.2) is 4.98 Å². The number of hydrogen-bond donors (Lipinski definition) is 1. The molecule has 0 aliphatic carbocycles. The smallest absolute Gasteiger partial charge is 0.264 e. The molecule has 0 atom stereocenters. The first-order valence-electron chi connectivity index (χ1n) is 6.74. The van der Waals surface area contributed by atoms with Crippen molar-refractivity contribution in [1.29, 1.82) is 0 Å². The number of nitrogens with one attached hydrogen (secondary N) is 1. The third-order valence-electron chi connectivity index (χ3n) is 3.07. The van der Waals surface area contributed by atoms with Crippen molar-refractivity contribution < 1.29 is 0 Å². The predicted octanol–water partition coefficient (Wildman–Crippen LogP) is 3.20. The molecule has 2 aromatic heterocycles. The van der Waals surface area contributed by atoms with Crippen LogP contribution in [0.2, 0.25) is 0 Å². The van der Waals surface area contributed by atoms with Gasteiger partial charge in [0.15, 0.2) is 0 Å². The van der Waals surface area contributed by atoms with Gasteiger partial charge in [-0.3, -0.25) is 9.78 Å². The van der Waals surface area contributed by atoms with Crippen LogP contribution >= 0.6 is 22.6 Å². The molecule has 0 fully saturated rings. The molecule has 20 heavy (non-hydrogen) atoms. The van der Waals surface area contributed by atoms with E-state index in [0.29, 0.717) is 15.3 Å². The van der Waals surface area contributed by atoms with E-state index < -0.39 is 0 Å². The molecule has 2 rings (SSSR count). The lowest BCUT2D eigenvalue weighted by Gasteiger charge is -2.10. The molecule has 0 amide bonds. The molecule has 0 spiro atoms. The number of aromatic nitrogens is 3. The van der Waals surface area contributed by atoms with Crippen molar-refractivity contribution in [2.75, 3.05) is 0 Å². The van der Waals surface area contributed by atoms with Gasteiger partial charge in [-0.1, -0.05) is 20.8 Å². The summed E-state index contributed by atoms with van der Waals surface area (Å²) in [6.45, 7) is 6.32. The number of nitrogens with zero attached hydrogens (tertiary/aromatic N) is 2. The van der Waals surface area contributed by atoms with Crippen LogP contribution in [0.15, 0.2) is 23.3 Å². The molecule has 0 saturated heterocycles. The van der Waals surface area contributed by atoms with E-state index in [1.54, 1.807) is 6.20 Å². The Bertz CT molecular complexity index is 664. The van der Waals surface area contributed by atoms with Crippen molar-refractivity contribution >= 4 is 22.6 Å². The van der Waals surface area contributed by atoms with Gasteiger partial charge in [-0.05, 0) is 53.0 Å². The minimum atomic E-state index is -0.0647. The lowest BCUT2D eigenvalue weighted by atomic mass is 10.1. The van der Waals surface area contributed by atoms with Crippen molar-refractivity contribution in [1.82, 2.24) is 15.0 Å². The SMILES string of the molecule is CCc1cnccc1-c1nc(CC(C)C)c(I)c(=O)[nH]1. The largest absolute Gasteiger partial charge is 0.306 e. The maximum Gasteiger partial charge on any atom is 0.264 e. The zero-order valence-electron chi connectivity index (χ0n) is 11.9. The van der Waals surface area contributed by atoms with Crippen LogP contribution in [-0.4, -0.2) is 15.0 Å². The Balaban J connectivity index is 2.58. The fraction of sp³-hybridized carbons (Fsp3) is 0.400. The Labute approximate surface area is 132 Å². The highest BCUT2D eigenvalue weighted by Gasteiger charge is 2.13. The molecule has 106 valence electrons. The molecule has 2 aromatic rings. The second-order valence-electron chi connectivity index (χ2n) is 5.16. The zero-order valence-corrected chi connectivity index (χ0v) is 14.1. The Morgan fingerprint density at radius 3 is 2.80 bits per heavy atom. The summed E-state index contributed by atoms with van der Waals surface area (Å²) in [7, 11) is 0. The van der Waals surface area contributed by atoms with Gasteiger partial charge in [0.05, 0.1) is 9.26 Å². The Morgan fingerprint density at radius 1 is 1.40 bits per heavy atom. The summed E-state index contributed by atoms with van der Waals surface area (Å²) < 4.78 is 0.687. The molecular weight excluding hydrogens is 365 g/mol. The fourth-order valence-electron chi connectivity index (χ4n) is 2.09. The van der Waals surface area contributed by atoms with Crippen molar-refractivity contribution in [3.63, 3.8) is 0 Å². The number of pyridine rings is 1. The highest BCUT2D eigenvalue weighted by molar-refractivity contribution is 14.1. The molecule has 0 unspecified atom stereocenters. The third-order valence-corrected chi connectivity index (χ3v) is 4.19. The number of halogens is 1. The van der Waals surface area contributed by atoms with Crippen molar-refractivity contribution in [2.24, 2.45) is 5.92 Å². The third kappa shape index (κ3) is 3.26. The molecule has 5 heteroatoms. The van der Waals surface area contributed by atoms with Gasteiger partial charge in [0.2, 0.25) is 0 Å². The lowest BCUT2D eigenvalue weighted by molar-refractivity contribution is 0.631. The van der Waals surface area contributed by atoms with Crippen LogP contribution in [0.1, 0.15) is 32.0 Å². The van der Waals surface area contributed by atoms with Gasteiger partial charge in [-0.15, -0.1) is 0 Å². The topological polar surface area (TPSA) is 58.6 Å². The van der Waals surface area contributed by atoms with Crippen molar-refractivity contribution in [2.45, 2.75) is 33.6 Å². The molecule has 2 heterocycles. The summed E-state index contributed by atoms with van der Waals surface area (Å²) in [5.74, 6) is 1.11. The number of rotatable bonds is 4. The minimum absolute atomic E-state index is 0.0647. The normalized spacial score (nSPS) is 11.1. The molecule has 1 N–H and O–H groups in total. The summed E-state index contributed by atoms with van der Waals surface area (Å²) in [5, 5.41) is 0. The number of H-pyrrole nitrogens is 1. The average molecular weight is 383 g/mol. The number of aromatic amines is 1. The minimum Gasteiger partial charge on any atom is -0.306 e. The highest BCUT2D eigenvalue weighted by atomic mass is 127. The second-order valence-corrected chi connectivity index (χ2v) is 6.24. The van der Waals surface area contributed by atoms with E-state index in [0.717, 1.165) is 29.7 Å². The Morgan fingerprint density at radius 2 is 2.15 bits per heavy atom. The summed E-state index contributed by atoms with van der Waals surface area (Å²) in [6.07, 6.45) is 5.23. The van der Waals surface area contributed by atoms with Gasteiger partial charge in [0.25, 0.3) is 5.56 Å². The Hall–Kier alpha value is -1.24. The van der Waals surface area contributed by atoms with E-state index in [4.69, 9.17) is 0 Å². The first kappa shape index (κ1) is 15.2. The molecule has 0 radical (unpaired) electrons. The summed E-state index contributed by atoms with van der Waals surface area (Å²) >= 11 is 2.07. The molecular formula is C15H18IN3O. The zero-order chi connectivity index (χ0) is 14.7. The van der Waals surface area contributed by atoms with Gasteiger partial charge >= 0.3 is 0 Å². The van der Waals surface area contributed by atoms with Gasteiger partial charge in [0.1, 0.15) is 5.82 Å². The van der Waals surface area contributed by atoms with Gasteiger partial charge in [0, 0.05) is 18.0 Å². The highest BCUT2D eigenvalue weighted by Crippen LogP contribution is 2.20. The van der Waals surface area contributed by atoms with Gasteiger partial charge in [-0.2, -0.15) is 0 Å². The quantitative estimate of drug-likeness (QED) is 0.825. The van der Waals surface area contributed by atoms with Gasteiger partial charge < -0.3 is 4.98 Å². The average Bonchev–Trinajstić information content (AvgIpc) is 2.43. The van der Waals surface area contributed by atoms with Crippen LogP contribution < -0.4 is 5.56 Å². The maximum absolute atomic E-state index is 12.1. The van der Waals surface area contributed by atoms with E-state index in [1.165, 1.54) is 0 Å². The monoisotopic (exact) mass is 383 g/mol. The van der Waals surface area contributed by atoms with Crippen LogP contribution in [0.3, 0.4) is 0 Å². The summed E-state index contributed by atoms with van der Waals surface area (Å²) in [4.78, 5) is 23.8. The van der Waals surface area contributed by atoms with E-state index in [9.17, 15) is 4.79 Å². The number of aryl methyl sites for hydroxylation is 1. The van der Waals surface area contributed by atoms with E-state index in [2.05, 4.69) is 58.3 Å². The second kappa shape index (κ2) is 6.47. The Kier molecular flexibility index (Phi) is 4.91. The molecule has 4 nitrogen and oxygen atoms in total. The predicted molar refractivity (Wildman–Crippen MR) is 88.7 cm³/mol. The lowest BCUT2D eigenvalue weighted by Crippen LogP contribution is -2.18. The maximum atomic E-state index is 12.1. The van der Waals surface area contributed by atoms with Crippen LogP contribution in [0.4, 0.5) is 0 Å². The van der Waals surface area contributed by atoms with E-state index >= 15 is 0 Å².